The number of rotatable bonds is 6. The van der Waals surface area contributed by atoms with E-state index in [9.17, 15) is 4.79 Å². The zero-order valence-corrected chi connectivity index (χ0v) is 12.6. The number of nitrogens with zero attached hydrogens (tertiary/aromatic N) is 2. The molecule has 110 valence electrons. The number of carbonyl (C=O) groups is 1. The highest BCUT2D eigenvalue weighted by molar-refractivity contribution is 5.76. The van der Waals surface area contributed by atoms with Crippen LogP contribution in [-0.2, 0) is 18.4 Å². The first-order chi connectivity index (χ1) is 9.74. The van der Waals surface area contributed by atoms with Gasteiger partial charge in [-0.25, -0.2) is 0 Å². The summed E-state index contributed by atoms with van der Waals surface area (Å²) in [4.78, 5) is 14.7. The lowest BCUT2D eigenvalue weighted by molar-refractivity contribution is -0.132. The van der Waals surface area contributed by atoms with Crippen LogP contribution in [0.5, 0.6) is 0 Å². The van der Waals surface area contributed by atoms with Crippen LogP contribution in [0, 0.1) is 5.92 Å². The van der Waals surface area contributed by atoms with Gasteiger partial charge in [-0.1, -0.05) is 25.7 Å². The molecule has 0 atom stereocenters. The van der Waals surface area contributed by atoms with E-state index in [1.165, 1.54) is 44.2 Å². The van der Waals surface area contributed by atoms with Gasteiger partial charge in [-0.2, -0.15) is 0 Å². The van der Waals surface area contributed by atoms with Crippen molar-refractivity contribution in [3.8, 4) is 0 Å². The smallest absolute Gasteiger partial charge is 0.223 e. The second-order valence-corrected chi connectivity index (χ2v) is 6.55. The molecular weight excluding hydrogens is 248 g/mol. The van der Waals surface area contributed by atoms with Gasteiger partial charge in [0, 0.05) is 31.4 Å². The average Bonchev–Trinajstić information content (AvgIpc) is 2.98. The molecule has 20 heavy (non-hydrogen) atoms. The summed E-state index contributed by atoms with van der Waals surface area (Å²) in [6, 6.07) is 4.70. The van der Waals surface area contributed by atoms with Crippen LogP contribution in [0.15, 0.2) is 18.3 Å². The van der Waals surface area contributed by atoms with Gasteiger partial charge >= 0.3 is 0 Å². The summed E-state index contributed by atoms with van der Waals surface area (Å²) in [6.45, 7) is 0.789. The first kappa shape index (κ1) is 13.7. The predicted molar refractivity (Wildman–Crippen MR) is 80.2 cm³/mol. The molecule has 0 saturated heterocycles. The summed E-state index contributed by atoms with van der Waals surface area (Å²) >= 11 is 0. The minimum absolute atomic E-state index is 0.376. The second kappa shape index (κ2) is 6.02. The molecule has 3 nitrogen and oxygen atoms in total. The average molecular weight is 274 g/mol. The Morgan fingerprint density at radius 2 is 2.05 bits per heavy atom. The minimum atomic E-state index is 0.376. The molecule has 2 aliphatic carbocycles. The monoisotopic (exact) mass is 274 g/mol. The van der Waals surface area contributed by atoms with Gasteiger partial charge in [-0.3, -0.25) is 4.79 Å². The lowest BCUT2D eigenvalue weighted by Crippen LogP contribution is -2.33. The number of carbonyl (C=O) groups excluding carboxylic acids is 1. The maximum atomic E-state index is 12.5. The molecule has 1 aromatic heterocycles. The van der Waals surface area contributed by atoms with Crippen molar-refractivity contribution in [3.63, 3.8) is 0 Å². The molecular formula is C17H26N2O. The highest BCUT2D eigenvalue weighted by Crippen LogP contribution is 2.32. The van der Waals surface area contributed by atoms with E-state index in [4.69, 9.17) is 0 Å². The fourth-order valence-corrected chi connectivity index (χ4v) is 3.41. The normalized spacial score (nSPS) is 19.4. The van der Waals surface area contributed by atoms with Gasteiger partial charge in [-0.05, 0) is 37.3 Å². The molecule has 2 saturated carbocycles. The maximum Gasteiger partial charge on any atom is 0.223 e. The molecule has 0 spiro atoms. The SMILES string of the molecule is Cn1cccc1CN(C(=O)CCC1CCCC1)C1CC1. The predicted octanol–water partition coefficient (Wildman–Crippen LogP) is 3.49. The van der Waals surface area contributed by atoms with E-state index in [0.717, 1.165) is 25.3 Å². The third-order valence-corrected chi connectivity index (χ3v) is 4.93. The Bertz CT molecular complexity index is 455. The summed E-state index contributed by atoms with van der Waals surface area (Å²) in [5.41, 5.74) is 1.24. The number of hydrogen-bond donors (Lipinski definition) is 0. The van der Waals surface area contributed by atoms with Crippen molar-refractivity contribution in [1.82, 2.24) is 9.47 Å². The summed E-state index contributed by atoms with van der Waals surface area (Å²) in [7, 11) is 2.06. The third-order valence-electron chi connectivity index (χ3n) is 4.93. The van der Waals surface area contributed by atoms with Crippen molar-refractivity contribution in [2.75, 3.05) is 0 Å². The number of amides is 1. The fourth-order valence-electron chi connectivity index (χ4n) is 3.41. The molecule has 0 N–H and O–H groups in total. The third kappa shape index (κ3) is 3.25. The van der Waals surface area contributed by atoms with Crippen LogP contribution in [-0.4, -0.2) is 21.4 Å². The van der Waals surface area contributed by atoms with Crippen LogP contribution in [0.1, 0.15) is 57.1 Å². The van der Waals surface area contributed by atoms with Crippen LogP contribution in [0.2, 0.25) is 0 Å². The molecule has 1 amide bonds. The molecule has 3 heteroatoms. The first-order valence-electron chi connectivity index (χ1n) is 8.13. The number of aromatic nitrogens is 1. The van der Waals surface area contributed by atoms with Gasteiger partial charge in [-0.15, -0.1) is 0 Å². The Labute approximate surface area is 122 Å². The molecule has 3 rings (SSSR count). The molecule has 0 aromatic carbocycles. The molecule has 0 aliphatic heterocycles. The highest BCUT2D eigenvalue weighted by Gasteiger charge is 2.33. The Hall–Kier alpha value is -1.25. The number of aryl methyl sites for hydroxylation is 1. The molecule has 0 unspecified atom stereocenters. The van der Waals surface area contributed by atoms with Crippen LogP contribution < -0.4 is 0 Å². The van der Waals surface area contributed by atoms with Gasteiger partial charge in [0.05, 0.1) is 6.54 Å². The Balaban J connectivity index is 1.55. The van der Waals surface area contributed by atoms with Gasteiger partial charge < -0.3 is 9.47 Å². The Morgan fingerprint density at radius 3 is 2.65 bits per heavy atom. The van der Waals surface area contributed by atoms with Crippen LogP contribution >= 0.6 is 0 Å². The number of hydrogen-bond acceptors (Lipinski definition) is 1. The molecule has 0 bridgehead atoms. The van der Waals surface area contributed by atoms with E-state index in [2.05, 4.69) is 34.8 Å². The molecule has 1 aromatic rings. The Kier molecular flexibility index (Phi) is 4.13. The topological polar surface area (TPSA) is 25.2 Å². The summed E-state index contributed by atoms with van der Waals surface area (Å²) in [5, 5.41) is 0. The van der Waals surface area contributed by atoms with Gasteiger partial charge in [0.1, 0.15) is 0 Å². The largest absolute Gasteiger partial charge is 0.353 e. The van der Waals surface area contributed by atoms with Crippen molar-refractivity contribution in [2.45, 2.75) is 64.0 Å². The van der Waals surface area contributed by atoms with Gasteiger partial charge in [0.25, 0.3) is 0 Å². The summed E-state index contributed by atoms with van der Waals surface area (Å²) < 4.78 is 2.12. The van der Waals surface area contributed by atoms with Crippen LogP contribution in [0.25, 0.3) is 0 Å². The van der Waals surface area contributed by atoms with Gasteiger partial charge in [0.15, 0.2) is 0 Å². The van der Waals surface area contributed by atoms with E-state index in [0.29, 0.717) is 11.9 Å². The molecule has 2 fully saturated rings. The lowest BCUT2D eigenvalue weighted by atomic mass is 10.0. The molecule has 2 aliphatic rings. The van der Waals surface area contributed by atoms with E-state index >= 15 is 0 Å². The van der Waals surface area contributed by atoms with Crippen LogP contribution in [0.3, 0.4) is 0 Å². The quantitative estimate of drug-likeness (QED) is 0.779. The van der Waals surface area contributed by atoms with E-state index in [-0.39, 0.29) is 0 Å². The van der Waals surface area contributed by atoms with Crippen molar-refractivity contribution >= 4 is 5.91 Å². The molecule has 0 radical (unpaired) electrons. The Morgan fingerprint density at radius 1 is 1.30 bits per heavy atom. The summed E-state index contributed by atoms with van der Waals surface area (Å²) in [6.07, 6.45) is 11.7. The summed E-state index contributed by atoms with van der Waals surface area (Å²) in [5.74, 6) is 1.19. The first-order valence-corrected chi connectivity index (χ1v) is 8.13. The van der Waals surface area contributed by atoms with E-state index in [1.54, 1.807) is 0 Å². The van der Waals surface area contributed by atoms with Crippen molar-refractivity contribution < 1.29 is 4.79 Å². The molecule has 1 heterocycles. The zero-order valence-electron chi connectivity index (χ0n) is 12.6. The fraction of sp³-hybridized carbons (Fsp3) is 0.706. The zero-order chi connectivity index (χ0) is 13.9. The van der Waals surface area contributed by atoms with Crippen LogP contribution in [0.4, 0.5) is 0 Å². The van der Waals surface area contributed by atoms with E-state index in [1.807, 2.05) is 0 Å². The second-order valence-electron chi connectivity index (χ2n) is 6.55. The van der Waals surface area contributed by atoms with Crippen molar-refractivity contribution in [1.29, 1.82) is 0 Å². The standard InChI is InChI=1S/C17H26N2O/c1-18-12-4-7-16(18)13-19(15-9-10-15)17(20)11-8-14-5-2-3-6-14/h4,7,12,14-15H,2-3,5-6,8-11,13H2,1H3. The minimum Gasteiger partial charge on any atom is -0.353 e. The van der Waals surface area contributed by atoms with Crippen molar-refractivity contribution in [2.24, 2.45) is 13.0 Å². The van der Waals surface area contributed by atoms with Crippen molar-refractivity contribution in [3.05, 3.63) is 24.0 Å². The maximum absolute atomic E-state index is 12.5. The van der Waals surface area contributed by atoms with E-state index < -0.39 is 0 Å². The lowest BCUT2D eigenvalue weighted by Gasteiger charge is -2.23. The van der Waals surface area contributed by atoms with Gasteiger partial charge in [0.2, 0.25) is 5.91 Å². The highest BCUT2D eigenvalue weighted by atomic mass is 16.2.